The zero-order valence-electron chi connectivity index (χ0n) is 19.2. The second-order valence-corrected chi connectivity index (χ2v) is 8.25. The molecule has 4 atom stereocenters. The molecule has 1 aromatic rings. The van der Waals surface area contributed by atoms with Crippen LogP contribution in [0.4, 0.5) is 0 Å². The minimum absolute atomic E-state index is 0.125. The van der Waals surface area contributed by atoms with Gasteiger partial charge in [0.25, 0.3) is 0 Å². The summed E-state index contributed by atoms with van der Waals surface area (Å²) in [4.78, 5) is 67.5. The highest BCUT2D eigenvalue weighted by Gasteiger charge is 2.30. The van der Waals surface area contributed by atoms with Crippen LogP contribution in [-0.2, 0) is 30.4 Å². The molecule has 4 amide bonds. The number of hydrogen-bond acceptors (Lipinski definition) is 9. The number of aliphatic carboxylic acids is 1. The summed E-state index contributed by atoms with van der Waals surface area (Å²) in [5, 5.41) is 16.5. The van der Waals surface area contributed by atoms with Gasteiger partial charge in [-0.25, -0.2) is 9.78 Å². The Balaban J connectivity index is 2.94. The molecule has 0 aliphatic heterocycles. The van der Waals surface area contributed by atoms with Crippen molar-refractivity contribution in [2.24, 2.45) is 17.2 Å². The van der Waals surface area contributed by atoms with E-state index in [1.54, 1.807) is 0 Å². The van der Waals surface area contributed by atoms with Crippen LogP contribution in [0.15, 0.2) is 12.5 Å². The number of nitrogens with two attached hydrogens (primary N) is 3. The summed E-state index contributed by atoms with van der Waals surface area (Å²) in [6.45, 7) is 0.363. The first kappa shape index (κ1) is 29.9. The van der Waals surface area contributed by atoms with Gasteiger partial charge in [-0.2, -0.15) is 12.6 Å². The number of thiol groups is 1. The molecule has 0 saturated heterocycles. The average Bonchev–Trinajstić information content (AvgIpc) is 3.31. The molecule has 11 N–H and O–H groups in total. The summed E-state index contributed by atoms with van der Waals surface area (Å²) in [6.07, 6.45) is 3.93. The molecule has 1 heterocycles. The Kier molecular flexibility index (Phi) is 13.4. The summed E-state index contributed by atoms with van der Waals surface area (Å²) < 4.78 is 0. The van der Waals surface area contributed by atoms with Gasteiger partial charge in [0.15, 0.2) is 0 Å². The lowest BCUT2D eigenvalue weighted by molar-refractivity contribution is -0.141. The van der Waals surface area contributed by atoms with Crippen LogP contribution in [0.1, 0.15) is 37.8 Å². The van der Waals surface area contributed by atoms with Gasteiger partial charge in [0.05, 0.1) is 12.4 Å². The highest BCUT2D eigenvalue weighted by atomic mass is 32.1. The molecular formula is C20H34N8O6S. The highest BCUT2D eigenvalue weighted by molar-refractivity contribution is 7.80. The van der Waals surface area contributed by atoms with Gasteiger partial charge >= 0.3 is 5.97 Å². The van der Waals surface area contributed by atoms with Gasteiger partial charge in [-0.3, -0.25) is 19.2 Å². The Morgan fingerprint density at radius 1 is 1.00 bits per heavy atom. The minimum atomic E-state index is -1.28. The fourth-order valence-corrected chi connectivity index (χ4v) is 3.30. The molecule has 0 radical (unpaired) electrons. The zero-order valence-corrected chi connectivity index (χ0v) is 20.1. The molecule has 35 heavy (non-hydrogen) atoms. The van der Waals surface area contributed by atoms with E-state index < -0.39 is 53.8 Å². The van der Waals surface area contributed by atoms with Crippen molar-refractivity contribution < 1.29 is 29.1 Å². The first-order valence-corrected chi connectivity index (χ1v) is 11.7. The third-order valence-electron chi connectivity index (χ3n) is 5.02. The molecule has 14 nitrogen and oxygen atoms in total. The smallest absolute Gasteiger partial charge is 0.327 e. The molecule has 0 saturated carbocycles. The summed E-state index contributed by atoms with van der Waals surface area (Å²) >= 11 is 3.91. The molecule has 1 rings (SSSR count). The van der Waals surface area contributed by atoms with Crippen LogP contribution in [0.25, 0.3) is 0 Å². The van der Waals surface area contributed by atoms with E-state index in [1.807, 2.05) is 0 Å². The lowest BCUT2D eigenvalue weighted by Gasteiger charge is -2.25. The Labute approximate surface area is 207 Å². The number of hydrogen-bond donors (Lipinski definition) is 9. The molecule has 0 aliphatic rings. The summed E-state index contributed by atoms with van der Waals surface area (Å²) in [5.74, 6) is -4.26. The fraction of sp³-hybridized carbons (Fsp3) is 0.600. The second-order valence-electron chi connectivity index (χ2n) is 7.88. The maximum Gasteiger partial charge on any atom is 0.327 e. The van der Waals surface area contributed by atoms with Crippen LogP contribution >= 0.6 is 12.6 Å². The standard InChI is InChI=1S/C20H34N8O6S/c21-6-2-1-3-13(18(31)28-15(9-35)20(33)34)27-19(32)14(4-5-16(23)29)26-17(30)12(22)7-11-8-24-10-25-11/h8,10,12-15,35H,1-7,9,21-22H2,(H2,23,29)(H,24,25)(H,26,30)(H,27,32)(H,28,31)(H,33,34). The monoisotopic (exact) mass is 514 g/mol. The number of primary amides is 1. The number of amides is 4. The first-order chi connectivity index (χ1) is 16.6. The van der Waals surface area contributed by atoms with Crippen LogP contribution in [0.5, 0.6) is 0 Å². The van der Waals surface area contributed by atoms with E-state index in [4.69, 9.17) is 17.2 Å². The SMILES string of the molecule is NCCCCC(NC(=O)C(CCC(N)=O)NC(=O)C(N)Cc1cnc[nH]1)C(=O)NC(CS)C(=O)O. The Hall–Kier alpha value is -3.17. The molecule has 0 aromatic carbocycles. The van der Waals surface area contributed by atoms with Gasteiger partial charge in [0, 0.05) is 30.5 Å². The van der Waals surface area contributed by atoms with Crippen LogP contribution in [-0.4, -0.2) is 81.1 Å². The number of carboxylic acid groups (broad SMARTS) is 1. The molecular weight excluding hydrogens is 480 g/mol. The van der Waals surface area contributed by atoms with Gasteiger partial charge in [-0.1, -0.05) is 0 Å². The summed E-state index contributed by atoms with van der Waals surface area (Å²) in [5.41, 5.74) is 17.2. The van der Waals surface area contributed by atoms with Crippen LogP contribution in [0, 0.1) is 0 Å². The minimum Gasteiger partial charge on any atom is -0.480 e. The van der Waals surface area contributed by atoms with Crippen molar-refractivity contribution in [2.45, 2.75) is 62.7 Å². The molecule has 0 bridgehead atoms. The Bertz CT molecular complexity index is 853. The molecule has 1 aromatic heterocycles. The van der Waals surface area contributed by atoms with E-state index in [0.717, 1.165) is 0 Å². The number of imidazole rings is 1. The van der Waals surface area contributed by atoms with Crippen molar-refractivity contribution in [3.63, 3.8) is 0 Å². The third kappa shape index (κ3) is 11.2. The van der Waals surface area contributed by atoms with Crippen molar-refractivity contribution in [2.75, 3.05) is 12.3 Å². The number of nitrogens with one attached hydrogen (secondary N) is 4. The molecule has 196 valence electrons. The molecule has 0 aliphatic carbocycles. The van der Waals surface area contributed by atoms with Gasteiger partial charge < -0.3 is 43.2 Å². The predicted molar refractivity (Wildman–Crippen MR) is 129 cm³/mol. The van der Waals surface area contributed by atoms with Gasteiger partial charge in [-0.05, 0) is 32.2 Å². The fourth-order valence-electron chi connectivity index (χ4n) is 3.05. The Morgan fingerprint density at radius 2 is 1.60 bits per heavy atom. The lowest BCUT2D eigenvalue weighted by Crippen LogP contribution is -2.57. The third-order valence-corrected chi connectivity index (χ3v) is 5.39. The van der Waals surface area contributed by atoms with Crippen molar-refractivity contribution in [1.82, 2.24) is 25.9 Å². The van der Waals surface area contributed by atoms with E-state index in [-0.39, 0.29) is 31.4 Å². The number of nitrogens with zero attached hydrogens (tertiary/aromatic N) is 1. The van der Waals surface area contributed by atoms with Crippen molar-refractivity contribution >= 4 is 42.2 Å². The van der Waals surface area contributed by atoms with Gasteiger partial charge in [-0.15, -0.1) is 0 Å². The number of carbonyl (C=O) groups is 5. The second kappa shape index (κ2) is 15.7. The average molecular weight is 515 g/mol. The maximum atomic E-state index is 13.0. The number of rotatable bonds is 17. The number of H-pyrrole nitrogens is 1. The zero-order chi connectivity index (χ0) is 26.4. The highest BCUT2D eigenvalue weighted by Crippen LogP contribution is 2.06. The van der Waals surface area contributed by atoms with Crippen molar-refractivity contribution in [3.05, 3.63) is 18.2 Å². The number of aromatic amines is 1. The topological polar surface area (TPSA) is 248 Å². The molecule has 15 heteroatoms. The number of carboxylic acids is 1. The van der Waals surface area contributed by atoms with Crippen molar-refractivity contribution in [3.8, 4) is 0 Å². The summed E-state index contributed by atoms with van der Waals surface area (Å²) in [6, 6.07) is -4.60. The Morgan fingerprint density at radius 3 is 2.11 bits per heavy atom. The van der Waals surface area contributed by atoms with Crippen LogP contribution < -0.4 is 33.2 Å². The van der Waals surface area contributed by atoms with E-state index in [2.05, 4.69) is 38.5 Å². The van der Waals surface area contributed by atoms with Crippen LogP contribution in [0.3, 0.4) is 0 Å². The number of unbranched alkanes of at least 4 members (excludes halogenated alkanes) is 1. The van der Waals surface area contributed by atoms with Gasteiger partial charge in [0.1, 0.15) is 18.1 Å². The molecule has 0 fully saturated rings. The van der Waals surface area contributed by atoms with E-state index in [9.17, 15) is 29.1 Å². The van der Waals surface area contributed by atoms with E-state index in [1.165, 1.54) is 12.5 Å². The predicted octanol–water partition coefficient (Wildman–Crippen LogP) is -2.86. The normalized spacial score (nSPS) is 14.3. The first-order valence-electron chi connectivity index (χ1n) is 11.0. The number of aromatic nitrogens is 2. The molecule has 4 unspecified atom stereocenters. The largest absolute Gasteiger partial charge is 0.480 e. The quantitative estimate of drug-likeness (QED) is 0.0765. The van der Waals surface area contributed by atoms with Crippen molar-refractivity contribution in [1.29, 1.82) is 0 Å². The van der Waals surface area contributed by atoms with E-state index >= 15 is 0 Å². The van der Waals surface area contributed by atoms with Gasteiger partial charge in [0.2, 0.25) is 23.6 Å². The van der Waals surface area contributed by atoms with E-state index in [0.29, 0.717) is 25.1 Å². The number of carbonyl (C=O) groups excluding carboxylic acids is 4. The van der Waals surface area contributed by atoms with Crippen LogP contribution in [0.2, 0.25) is 0 Å². The summed E-state index contributed by atoms with van der Waals surface area (Å²) in [7, 11) is 0. The lowest BCUT2D eigenvalue weighted by atomic mass is 10.0. The molecule has 0 spiro atoms. The maximum absolute atomic E-state index is 13.0.